The van der Waals surface area contributed by atoms with Crippen LogP contribution >= 0.6 is 0 Å². The van der Waals surface area contributed by atoms with E-state index in [1.54, 1.807) is 6.07 Å². The first kappa shape index (κ1) is 16.0. The van der Waals surface area contributed by atoms with Gasteiger partial charge in [0.05, 0.1) is 11.1 Å². The Bertz CT molecular complexity index is 798. The van der Waals surface area contributed by atoms with Gasteiger partial charge in [-0.3, -0.25) is 0 Å². The fraction of sp³-hybridized carbons (Fsp3) is 0.571. The Kier molecular flexibility index (Phi) is 4.15. The van der Waals surface area contributed by atoms with E-state index in [-0.39, 0.29) is 23.7 Å². The summed E-state index contributed by atoms with van der Waals surface area (Å²) >= 11 is 0. The molecule has 3 rings (SSSR count). The molecule has 1 saturated carbocycles. The van der Waals surface area contributed by atoms with E-state index in [1.807, 2.05) is 18.9 Å². The van der Waals surface area contributed by atoms with Crippen LogP contribution in [0.25, 0.3) is 11.0 Å². The number of hydrogen-bond acceptors (Lipinski definition) is 6. The smallest absolute Gasteiger partial charge is 0.211 e. The third kappa shape index (κ3) is 3.25. The fourth-order valence-electron chi connectivity index (χ4n) is 2.95. The zero-order valence-electron chi connectivity index (χ0n) is 13.2. The Labute approximate surface area is 135 Å². The van der Waals surface area contributed by atoms with Crippen molar-refractivity contribution in [3.63, 3.8) is 0 Å². The maximum atomic E-state index is 11.8. The van der Waals surface area contributed by atoms with Gasteiger partial charge in [0.1, 0.15) is 17.8 Å². The van der Waals surface area contributed by atoms with Gasteiger partial charge in [-0.1, -0.05) is 6.92 Å². The molecular formula is C14H21N5O3S. The molecule has 3 N–H and O–H groups in total. The molecule has 0 saturated heterocycles. The van der Waals surface area contributed by atoms with Gasteiger partial charge in [-0.05, 0) is 19.3 Å². The quantitative estimate of drug-likeness (QED) is 0.723. The number of aromatic amines is 1. The molecule has 8 nitrogen and oxygen atoms in total. The summed E-state index contributed by atoms with van der Waals surface area (Å²) in [6.07, 6.45) is 3.54. The van der Waals surface area contributed by atoms with Gasteiger partial charge in [-0.15, -0.1) is 0 Å². The van der Waals surface area contributed by atoms with E-state index < -0.39 is 10.0 Å². The molecular weight excluding hydrogens is 318 g/mol. The average molecular weight is 339 g/mol. The summed E-state index contributed by atoms with van der Waals surface area (Å²) in [5.41, 5.74) is 0.582. The highest BCUT2D eigenvalue weighted by atomic mass is 32.2. The van der Waals surface area contributed by atoms with E-state index in [4.69, 9.17) is 0 Å². The fourth-order valence-corrected chi connectivity index (χ4v) is 4.30. The maximum Gasteiger partial charge on any atom is 0.211 e. The number of anilines is 1. The molecule has 0 aromatic carbocycles. The highest BCUT2D eigenvalue weighted by Gasteiger charge is 2.35. The summed E-state index contributed by atoms with van der Waals surface area (Å²) in [7, 11) is -1.25. The number of sulfonamides is 1. The Morgan fingerprint density at radius 1 is 1.43 bits per heavy atom. The zero-order valence-corrected chi connectivity index (χ0v) is 14.0. The highest BCUT2D eigenvalue weighted by Crippen LogP contribution is 2.32. The second kappa shape index (κ2) is 5.97. The number of nitrogens with zero attached hydrogens (tertiary/aromatic N) is 3. The molecule has 23 heavy (non-hydrogen) atoms. The lowest BCUT2D eigenvalue weighted by Crippen LogP contribution is -2.53. The van der Waals surface area contributed by atoms with Crippen LogP contribution in [0.1, 0.15) is 26.2 Å². The standard InChI is InChI=1S/C14H21N5O3S/c1-3-4-23(21,22)18-9-5-10(6-9)19(2)14-11-7-12(20)17-13(11)15-8-16-14/h7-10,18,20H,3-6H2,1-2H3,(H,15,16,17). The van der Waals surface area contributed by atoms with E-state index in [9.17, 15) is 13.5 Å². The minimum absolute atomic E-state index is 0.0176. The van der Waals surface area contributed by atoms with Crippen molar-refractivity contribution < 1.29 is 13.5 Å². The molecule has 0 amide bonds. The van der Waals surface area contributed by atoms with E-state index >= 15 is 0 Å². The van der Waals surface area contributed by atoms with E-state index in [2.05, 4.69) is 19.7 Å². The predicted octanol–water partition coefficient (Wildman–Crippen LogP) is 0.960. The lowest BCUT2D eigenvalue weighted by atomic mass is 9.86. The van der Waals surface area contributed by atoms with Crippen LogP contribution in [0.3, 0.4) is 0 Å². The van der Waals surface area contributed by atoms with Gasteiger partial charge in [0, 0.05) is 25.2 Å². The highest BCUT2D eigenvalue weighted by molar-refractivity contribution is 7.89. The summed E-state index contributed by atoms with van der Waals surface area (Å²) < 4.78 is 26.3. The number of fused-ring (bicyclic) bond motifs is 1. The normalized spacial score (nSPS) is 21.3. The number of rotatable bonds is 6. The minimum Gasteiger partial charge on any atom is -0.495 e. The van der Waals surface area contributed by atoms with Crippen LogP contribution in [-0.2, 0) is 10.0 Å². The molecule has 2 aromatic heterocycles. The second-order valence-electron chi connectivity index (χ2n) is 5.98. The predicted molar refractivity (Wildman–Crippen MR) is 88.0 cm³/mol. The van der Waals surface area contributed by atoms with Gasteiger partial charge in [0.15, 0.2) is 5.88 Å². The van der Waals surface area contributed by atoms with Crippen molar-refractivity contribution in [2.75, 3.05) is 17.7 Å². The van der Waals surface area contributed by atoms with Crippen molar-refractivity contribution >= 4 is 26.9 Å². The summed E-state index contributed by atoms with van der Waals surface area (Å²) in [6, 6.07) is 1.79. The molecule has 1 aliphatic carbocycles. The Morgan fingerprint density at radius 3 is 2.87 bits per heavy atom. The van der Waals surface area contributed by atoms with Crippen LogP contribution in [0.15, 0.2) is 12.4 Å². The molecule has 1 fully saturated rings. The summed E-state index contributed by atoms with van der Waals surface area (Å²) in [5, 5.41) is 10.3. The Morgan fingerprint density at radius 2 is 2.17 bits per heavy atom. The molecule has 0 unspecified atom stereocenters. The minimum atomic E-state index is -3.17. The largest absolute Gasteiger partial charge is 0.495 e. The van der Waals surface area contributed by atoms with E-state index in [0.717, 1.165) is 24.0 Å². The SMILES string of the molecule is CCCS(=O)(=O)NC1CC(N(C)c2ncnc3[nH]c(O)cc23)C1. The van der Waals surface area contributed by atoms with E-state index in [0.29, 0.717) is 12.1 Å². The lowest BCUT2D eigenvalue weighted by molar-refractivity contribution is 0.316. The van der Waals surface area contributed by atoms with Gasteiger partial charge in [0.2, 0.25) is 10.0 Å². The summed E-state index contributed by atoms with van der Waals surface area (Å²) in [6.45, 7) is 1.85. The number of aromatic hydroxyl groups is 1. The number of hydrogen-bond donors (Lipinski definition) is 3. The van der Waals surface area contributed by atoms with Crippen LogP contribution in [0.5, 0.6) is 5.88 Å². The second-order valence-corrected chi connectivity index (χ2v) is 7.86. The van der Waals surface area contributed by atoms with Crippen molar-refractivity contribution in [1.29, 1.82) is 0 Å². The zero-order chi connectivity index (χ0) is 16.6. The monoisotopic (exact) mass is 339 g/mol. The van der Waals surface area contributed by atoms with Gasteiger partial charge < -0.3 is 15.0 Å². The molecule has 0 spiro atoms. The van der Waals surface area contributed by atoms with Crippen LogP contribution in [0.4, 0.5) is 5.82 Å². The first-order valence-electron chi connectivity index (χ1n) is 7.65. The maximum absolute atomic E-state index is 11.8. The average Bonchev–Trinajstić information content (AvgIpc) is 2.81. The van der Waals surface area contributed by atoms with Crippen molar-refractivity contribution in [2.24, 2.45) is 0 Å². The van der Waals surface area contributed by atoms with Gasteiger partial charge >= 0.3 is 0 Å². The van der Waals surface area contributed by atoms with Crippen LogP contribution < -0.4 is 9.62 Å². The number of H-pyrrole nitrogens is 1. The molecule has 2 heterocycles. The topological polar surface area (TPSA) is 111 Å². The molecule has 0 aliphatic heterocycles. The summed E-state index contributed by atoms with van der Waals surface area (Å²) in [5.74, 6) is 0.944. The third-order valence-corrected chi connectivity index (χ3v) is 5.84. The van der Waals surface area contributed by atoms with Gasteiger partial charge in [0.25, 0.3) is 0 Å². The van der Waals surface area contributed by atoms with Crippen LogP contribution in [0.2, 0.25) is 0 Å². The van der Waals surface area contributed by atoms with Crippen molar-refractivity contribution in [3.8, 4) is 5.88 Å². The molecule has 1 aliphatic rings. The first-order valence-corrected chi connectivity index (χ1v) is 9.30. The molecule has 126 valence electrons. The van der Waals surface area contributed by atoms with E-state index in [1.165, 1.54) is 6.33 Å². The molecule has 0 atom stereocenters. The Balaban J connectivity index is 1.67. The molecule has 9 heteroatoms. The number of aromatic nitrogens is 3. The van der Waals surface area contributed by atoms with Crippen LogP contribution in [0, 0.1) is 0 Å². The summed E-state index contributed by atoms with van der Waals surface area (Å²) in [4.78, 5) is 13.2. The first-order chi connectivity index (χ1) is 10.9. The molecule has 2 aromatic rings. The lowest BCUT2D eigenvalue weighted by Gasteiger charge is -2.41. The Hall–Kier alpha value is -1.87. The molecule has 0 radical (unpaired) electrons. The third-order valence-electron chi connectivity index (χ3n) is 4.20. The van der Waals surface area contributed by atoms with Gasteiger partial charge in [-0.25, -0.2) is 23.1 Å². The molecule has 0 bridgehead atoms. The number of nitrogens with one attached hydrogen (secondary N) is 2. The van der Waals surface area contributed by atoms with Gasteiger partial charge in [-0.2, -0.15) is 0 Å². The van der Waals surface area contributed by atoms with Crippen molar-refractivity contribution in [3.05, 3.63) is 12.4 Å². The van der Waals surface area contributed by atoms with Crippen LogP contribution in [-0.4, -0.2) is 53.4 Å². The van der Waals surface area contributed by atoms with Crippen molar-refractivity contribution in [1.82, 2.24) is 19.7 Å². The van der Waals surface area contributed by atoms with Crippen molar-refractivity contribution in [2.45, 2.75) is 38.3 Å².